The number of tetrazole rings is 1. The fourth-order valence-corrected chi connectivity index (χ4v) is 3.71. The number of hydrogen-bond acceptors (Lipinski definition) is 7. The molecule has 2 fully saturated rings. The van der Waals surface area contributed by atoms with Crippen LogP contribution >= 0.6 is 0 Å². The average Bonchev–Trinajstić information content (AvgIpc) is 3.25. The molecule has 2 aliphatic rings. The van der Waals surface area contributed by atoms with Crippen LogP contribution in [0.15, 0.2) is 0 Å². The minimum absolute atomic E-state index is 0.00820. The number of hydrogen-bond donors (Lipinski definition) is 1. The van der Waals surface area contributed by atoms with E-state index in [0.717, 1.165) is 12.8 Å². The SMILES string of the molecule is Cc1nnnn1CCC(=O)NC[C@@H]1CC[C@H](CC(=O)N2CCOCC2)N1C. The van der Waals surface area contributed by atoms with Crippen LogP contribution in [-0.4, -0.2) is 93.8 Å². The maximum atomic E-state index is 12.5. The van der Waals surface area contributed by atoms with Crippen molar-refractivity contribution in [3.05, 3.63) is 5.82 Å². The van der Waals surface area contributed by atoms with E-state index >= 15 is 0 Å². The van der Waals surface area contributed by atoms with Gasteiger partial charge in [-0.1, -0.05) is 0 Å². The second kappa shape index (κ2) is 9.23. The number of rotatable bonds is 7. The smallest absolute Gasteiger partial charge is 0.224 e. The van der Waals surface area contributed by atoms with Gasteiger partial charge in [0, 0.05) is 44.6 Å². The second-order valence-corrected chi connectivity index (χ2v) is 7.25. The lowest BCUT2D eigenvalue weighted by atomic mass is 10.1. The predicted molar refractivity (Wildman–Crippen MR) is 96.8 cm³/mol. The first kappa shape index (κ1) is 19.7. The highest BCUT2D eigenvalue weighted by molar-refractivity contribution is 5.77. The molecule has 0 spiro atoms. The number of ether oxygens (including phenoxy) is 1. The number of likely N-dealkylation sites (N-methyl/N-ethyl adjacent to an activating group) is 1. The van der Waals surface area contributed by atoms with Gasteiger partial charge in [0.05, 0.1) is 19.8 Å². The molecule has 2 saturated heterocycles. The van der Waals surface area contributed by atoms with Crippen LogP contribution in [0.4, 0.5) is 0 Å². The zero-order valence-electron chi connectivity index (χ0n) is 16.1. The van der Waals surface area contributed by atoms with Crippen molar-refractivity contribution in [2.45, 2.75) is 51.2 Å². The molecule has 0 radical (unpaired) electrons. The van der Waals surface area contributed by atoms with Crippen molar-refractivity contribution in [1.29, 1.82) is 0 Å². The summed E-state index contributed by atoms with van der Waals surface area (Å²) in [6, 6.07) is 0.511. The van der Waals surface area contributed by atoms with Crippen LogP contribution < -0.4 is 5.32 Å². The molecule has 3 heterocycles. The number of likely N-dealkylation sites (tertiary alicyclic amines) is 1. The van der Waals surface area contributed by atoms with Crippen LogP contribution in [0.2, 0.25) is 0 Å². The molecule has 0 saturated carbocycles. The van der Waals surface area contributed by atoms with Gasteiger partial charge in [-0.15, -0.1) is 5.10 Å². The van der Waals surface area contributed by atoms with Crippen molar-refractivity contribution in [2.75, 3.05) is 39.9 Å². The first-order valence-corrected chi connectivity index (χ1v) is 9.61. The predicted octanol–water partition coefficient (Wildman–Crippen LogP) is -0.800. The lowest BCUT2D eigenvalue weighted by Gasteiger charge is -2.30. The summed E-state index contributed by atoms with van der Waals surface area (Å²) in [6.45, 7) is 5.53. The van der Waals surface area contributed by atoms with Crippen molar-refractivity contribution < 1.29 is 14.3 Å². The summed E-state index contributed by atoms with van der Waals surface area (Å²) in [4.78, 5) is 28.7. The molecule has 0 bridgehead atoms. The Morgan fingerprint density at radius 1 is 1.22 bits per heavy atom. The number of nitrogens with one attached hydrogen (secondary N) is 1. The Bertz CT molecular complexity index is 644. The van der Waals surface area contributed by atoms with Gasteiger partial charge < -0.3 is 15.0 Å². The Morgan fingerprint density at radius 3 is 2.67 bits per heavy atom. The average molecular weight is 379 g/mol. The summed E-state index contributed by atoms with van der Waals surface area (Å²) in [5, 5.41) is 14.2. The van der Waals surface area contributed by atoms with E-state index < -0.39 is 0 Å². The number of carbonyl (C=O) groups is 2. The quantitative estimate of drug-likeness (QED) is 0.661. The number of aromatic nitrogens is 4. The summed E-state index contributed by atoms with van der Waals surface area (Å²) >= 11 is 0. The fraction of sp³-hybridized carbons (Fsp3) is 0.824. The Balaban J connectivity index is 1.38. The van der Waals surface area contributed by atoms with E-state index in [0.29, 0.717) is 58.1 Å². The van der Waals surface area contributed by atoms with E-state index in [2.05, 4.69) is 25.7 Å². The van der Waals surface area contributed by atoms with E-state index in [1.165, 1.54) is 0 Å². The summed E-state index contributed by atoms with van der Waals surface area (Å²) in [6.07, 6.45) is 2.86. The van der Waals surface area contributed by atoms with Gasteiger partial charge in [-0.05, 0) is 37.2 Å². The van der Waals surface area contributed by atoms with Crippen molar-refractivity contribution in [2.24, 2.45) is 0 Å². The largest absolute Gasteiger partial charge is 0.378 e. The molecule has 1 N–H and O–H groups in total. The topological polar surface area (TPSA) is 105 Å². The summed E-state index contributed by atoms with van der Waals surface area (Å²) in [5.74, 6) is 0.897. The van der Waals surface area contributed by atoms with Crippen LogP contribution in [-0.2, 0) is 20.9 Å². The standard InChI is InChI=1S/C17H29N7O3/c1-13-19-20-21-24(13)6-5-16(25)18-12-15-4-3-14(22(15)2)11-17(26)23-7-9-27-10-8-23/h14-15H,3-12H2,1-2H3,(H,18,25)/t14-,15+/m1/s1. The zero-order chi connectivity index (χ0) is 19.2. The highest BCUT2D eigenvalue weighted by Crippen LogP contribution is 2.25. The first-order chi connectivity index (χ1) is 13.0. The van der Waals surface area contributed by atoms with Crippen LogP contribution in [0, 0.1) is 6.92 Å². The third kappa shape index (κ3) is 5.23. The highest BCUT2D eigenvalue weighted by atomic mass is 16.5. The third-order valence-corrected chi connectivity index (χ3v) is 5.56. The van der Waals surface area contributed by atoms with Gasteiger partial charge >= 0.3 is 0 Å². The Labute approximate surface area is 159 Å². The minimum Gasteiger partial charge on any atom is -0.378 e. The Kier molecular flexibility index (Phi) is 6.73. The summed E-state index contributed by atoms with van der Waals surface area (Å²) in [5.41, 5.74) is 0. The van der Waals surface area contributed by atoms with Crippen LogP contribution in [0.3, 0.4) is 0 Å². The first-order valence-electron chi connectivity index (χ1n) is 9.61. The van der Waals surface area contributed by atoms with Gasteiger partial charge in [0.15, 0.2) is 0 Å². The molecular weight excluding hydrogens is 350 g/mol. The number of nitrogens with zero attached hydrogens (tertiary/aromatic N) is 6. The molecule has 10 nitrogen and oxygen atoms in total. The van der Waals surface area contributed by atoms with Gasteiger partial charge in [0.2, 0.25) is 11.8 Å². The summed E-state index contributed by atoms with van der Waals surface area (Å²) < 4.78 is 6.93. The van der Waals surface area contributed by atoms with Gasteiger partial charge in [-0.25, -0.2) is 4.68 Å². The molecular formula is C17H29N7O3. The molecule has 3 rings (SSSR count). The van der Waals surface area contributed by atoms with E-state index in [-0.39, 0.29) is 23.9 Å². The van der Waals surface area contributed by atoms with E-state index in [4.69, 9.17) is 4.74 Å². The van der Waals surface area contributed by atoms with Gasteiger partial charge in [0.25, 0.3) is 0 Å². The minimum atomic E-state index is -0.00820. The molecule has 27 heavy (non-hydrogen) atoms. The molecule has 1 aromatic heterocycles. The fourth-order valence-electron chi connectivity index (χ4n) is 3.71. The number of aryl methyl sites for hydroxylation is 2. The number of amides is 2. The molecule has 1 aromatic rings. The van der Waals surface area contributed by atoms with Gasteiger partial charge in [0.1, 0.15) is 5.82 Å². The van der Waals surface area contributed by atoms with Crippen molar-refractivity contribution in [3.63, 3.8) is 0 Å². The normalized spacial score (nSPS) is 23.6. The molecule has 2 atom stereocenters. The van der Waals surface area contributed by atoms with Gasteiger partial charge in [-0.3, -0.25) is 14.5 Å². The monoisotopic (exact) mass is 379 g/mol. The molecule has 2 aliphatic heterocycles. The number of carbonyl (C=O) groups excluding carboxylic acids is 2. The molecule has 0 aromatic carbocycles. The molecule has 0 unspecified atom stereocenters. The second-order valence-electron chi connectivity index (χ2n) is 7.25. The van der Waals surface area contributed by atoms with Crippen LogP contribution in [0.25, 0.3) is 0 Å². The number of morpholine rings is 1. The third-order valence-electron chi connectivity index (χ3n) is 5.56. The Hall–Kier alpha value is -2.07. The lowest BCUT2D eigenvalue weighted by Crippen LogP contribution is -2.45. The lowest BCUT2D eigenvalue weighted by molar-refractivity contribution is -0.136. The maximum absolute atomic E-state index is 12.5. The molecule has 2 amide bonds. The van der Waals surface area contributed by atoms with Crippen molar-refractivity contribution >= 4 is 11.8 Å². The van der Waals surface area contributed by atoms with Crippen molar-refractivity contribution in [3.8, 4) is 0 Å². The molecule has 0 aliphatic carbocycles. The van der Waals surface area contributed by atoms with Gasteiger partial charge in [-0.2, -0.15) is 0 Å². The molecule has 150 valence electrons. The highest BCUT2D eigenvalue weighted by Gasteiger charge is 2.33. The van der Waals surface area contributed by atoms with E-state index in [9.17, 15) is 9.59 Å². The Morgan fingerprint density at radius 2 is 1.96 bits per heavy atom. The van der Waals surface area contributed by atoms with Crippen LogP contribution in [0.5, 0.6) is 0 Å². The molecule has 10 heteroatoms. The van der Waals surface area contributed by atoms with E-state index in [1.54, 1.807) is 4.68 Å². The van der Waals surface area contributed by atoms with Crippen LogP contribution in [0.1, 0.15) is 31.5 Å². The summed E-state index contributed by atoms with van der Waals surface area (Å²) in [7, 11) is 2.05. The van der Waals surface area contributed by atoms with Crippen molar-refractivity contribution in [1.82, 2.24) is 35.3 Å². The zero-order valence-corrected chi connectivity index (χ0v) is 16.1. The maximum Gasteiger partial charge on any atom is 0.224 e. The van der Waals surface area contributed by atoms with E-state index in [1.807, 2.05) is 18.9 Å².